The summed E-state index contributed by atoms with van der Waals surface area (Å²) in [6.07, 6.45) is 1.91. The van der Waals surface area contributed by atoms with Crippen LogP contribution in [0.4, 0.5) is 14.7 Å². The summed E-state index contributed by atoms with van der Waals surface area (Å²) in [6.45, 7) is 1.33. The number of hydrogen-bond donors (Lipinski definition) is 0. The summed E-state index contributed by atoms with van der Waals surface area (Å²) in [5.74, 6) is 1.71. The first-order valence-electron chi connectivity index (χ1n) is 9.40. The number of benzene rings is 1. The molecule has 1 aliphatic rings. The van der Waals surface area contributed by atoms with Gasteiger partial charge in [0.05, 0.1) is 12.5 Å². The van der Waals surface area contributed by atoms with Crippen molar-refractivity contribution in [3.8, 4) is 11.5 Å². The lowest BCUT2D eigenvalue weighted by molar-refractivity contribution is -0.0524. The number of likely N-dealkylation sites (tertiary alicyclic amines) is 1. The fourth-order valence-corrected chi connectivity index (χ4v) is 3.39. The summed E-state index contributed by atoms with van der Waals surface area (Å²) in [7, 11) is 3.72. The van der Waals surface area contributed by atoms with Gasteiger partial charge < -0.3 is 18.9 Å². The van der Waals surface area contributed by atoms with Crippen LogP contribution in [-0.4, -0.2) is 55.4 Å². The Balaban J connectivity index is 1.74. The highest BCUT2D eigenvalue weighted by molar-refractivity contribution is 5.46. The van der Waals surface area contributed by atoms with E-state index in [1.165, 1.54) is 0 Å². The Morgan fingerprint density at radius 2 is 2.18 bits per heavy atom. The topological polar surface area (TPSA) is 63.9 Å². The molecule has 2 heterocycles. The largest absolute Gasteiger partial charge is 0.490 e. The molecule has 1 fully saturated rings. The second kappa shape index (κ2) is 9.18. The summed E-state index contributed by atoms with van der Waals surface area (Å²) >= 11 is 0. The van der Waals surface area contributed by atoms with Crippen molar-refractivity contribution in [1.82, 2.24) is 15.0 Å². The van der Waals surface area contributed by atoms with Crippen LogP contribution < -0.4 is 14.4 Å². The molecule has 0 bridgehead atoms. The molecule has 1 aromatic heterocycles. The summed E-state index contributed by atoms with van der Waals surface area (Å²) in [5.41, 5.74) is 0.673. The van der Waals surface area contributed by atoms with Crippen LogP contribution in [0.3, 0.4) is 0 Å². The van der Waals surface area contributed by atoms with E-state index in [1.54, 1.807) is 30.0 Å². The Bertz CT molecular complexity index is 769. The van der Waals surface area contributed by atoms with Crippen molar-refractivity contribution in [3.05, 3.63) is 29.7 Å². The highest BCUT2D eigenvalue weighted by atomic mass is 19.3. The maximum atomic E-state index is 12.9. The number of para-hydroxylation sites is 1. The number of ether oxygens (including phenoxy) is 2. The summed E-state index contributed by atoms with van der Waals surface area (Å²) in [5, 5.41) is 3.98. The van der Waals surface area contributed by atoms with Crippen LogP contribution in [-0.2, 0) is 6.54 Å². The van der Waals surface area contributed by atoms with Crippen molar-refractivity contribution in [2.45, 2.75) is 38.8 Å². The van der Waals surface area contributed by atoms with Crippen molar-refractivity contribution in [2.24, 2.45) is 0 Å². The highest BCUT2D eigenvalue weighted by Gasteiger charge is 2.27. The number of nitrogens with zero attached hydrogens (tertiary/aromatic N) is 4. The minimum absolute atomic E-state index is 0.106. The molecule has 7 nitrogen and oxygen atoms in total. The van der Waals surface area contributed by atoms with Crippen molar-refractivity contribution >= 4 is 5.95 Å². The third-order valence-corrected chi connectivity index (χ3v) is 4.65. The molecule has 0 N–H and O–H groups in total. The molecule has 1 aliphatic heterocycles. The van der Waals surface area contributed by atoms with E-state index in [0.29, 0.717) is 42.8 Å². The standard InChI is InChI=1S/C19H26F2N4O3/c1-4-26-15-9-5-7-13(16(15)27-18(20)21)11-25-10-6-8-14(12-25)17-22-19(23-28-17)24(2)3/h5,7,9,14,18H,4,6,8,10-12H2,1-3H3. The van der Waals surface area contributed by atoms with Crippen molar-refractivity contribution < 1.29 is 22.8 Å². The zero-order valence-electron chi connectivity index (χ0n) is 16.4. The molecular formula is C19H26F2N4O3. The fourth-order valence-electron chi connectivity index (χ4n) is 3.39. The number of anilines is 1. The van der Waals surface area contributed by atoms with E-state index >= 15 is 0 Å². The molecule has 2 aromatic rings. The minimum Gasteiger partial charge on any atom is -0.490 e. The number of piperidine rings is 1. The van der Waals surface area contributed by atoms with Gasteiger partial charge in [-0.05, 0) is 37.5 Å². The van der Waals surface area contributed by atoms with Gasteiger partial charge in [0.2, 0.25) is 5.89 Å². The molecular weight excluding hydrogens is 370 g/mol. The molecule has 0 aliphatic carbocycles. The van der Waals surface area contributed by atoms with Crippen LogP contribution in [0.25, 0.3) is 0 Å². The molecule has 154 valence electrons. The van der Waals surface area contributed by atoms with Crippen molar-refractivity contribution in [2.75, 3.05) is 38.7 Å². The zero-order valence-corrected chi connectivity index (χ0v) is 16.4. The lowest BCUT2D eigenvalue weighted by Crippen LogP contribution is -2.34. The number of halogens is 2. The normalized spacial score (nSPS) is 17.7. The van der Waals surface area contributed by atoms with Gasteiger partial charge in [-0.2, -0.15) is 13.8 Å². The lowest BCUT2D eigenvalue weighted by atomic mass is 9.97. The first-order chi connectivity index (χ1) is 13.5. The van der Waals surface area contributed by atoms with Gasteiger partial charge in [-0.25, -0.2) is 0 Å². The number of alkyl halides is 2. The van der Waals surface area contributed by atoms with Gasteiger partial charge in [-0.1, -0.05) is 12.1 Å². The molecule has 0 saturated carbocycles. The molecule has 1 atom stereocenters. The molecule has 28 heavy (non-hydrogen) atoms. The van der Waals surface area contributed by atoms with Crippen LogP contribution in [0.2, 0.25) is 0 Å². The maximum absolute atomic E-state index is 12.9. The lowest BCUT2D eigenvalue weighted by Gasteiger charge is -2.31. The van der Waals surface area contributed by atoms with E-state index in [9.17, 15) is 8.78 Å². The van der Waals surface area contributed by atoms with Crippen LogP contribution >= 0.6 is 0 Å². The van der Waals surface area contributed by atoms with Crippen LogP contribution in [0, 0.1) is 0 Å². The first kappa shape index (κ1) is 20.3. The van der Waals surface area contributed by atoms with E-state index in [0.717, 1.165) is 19.4 Å². The maximum Gasteiger partial charge on any atom is 0.387 e. The van der Waals surface area contributed by atoms with E-state index in [4.69, 9.17) is 14.0 Å². The van der Waals surface area contributed by atoms with Gasteiger partial charge in [-0.15, -0.1) is 0 Å². The number of aromatic nitrogens is 2. The molecule has 9 heteroatoms. The molecule has 1 unspecified atom stereocenters. The third kappa shape index (κ3) is 4.89. The van der Waals surface area contributed by atoms with Gasteiger partial charge in [0.1, 0.15) is 0 Å². The predicted octanol–water partition coefficient (Wildman–Crippen LogP) is 3.52. The van der Waals surface area contributed by atoms with Gasteiger partial charge in [-0.3, -0.25) is 4.90 Å². The van der Waals surface area contributed by atoms with E-state index in [-0.39, 0.29) is 11.7 Å². The molecule has 0 spiro atoms. The van der Waals surface area contributed by atoms with Crippen molar-refractivity contribution in [3.63, 3.8) is 0 Å². The smallest absolute Gasteiger partial charge is 0.387 e. The van der Waals surface area contributed by atoms with Crippen LogP contribution in [0.5, 0.6) is 11.5 Å². The average molecular weight is 396 g/mol. The van der Waals surface area contributed by atoms with E-state index in [2.05, 4.69) is 15.0 Å². The van der Waals surface area contributed by atoms with Crippen LogP contribution in [0.1, 0.15) is 37.1 Å². The highest BCUT2D eigenvalue weighted by Crippen LogP contribution is 2.35. The van der Waals surface area contributed by atoms with Crippen LogP contribution in [0.15, 0.2) is 22.7 Å². The molecule has 1 aromatic carbocycles. The Kier molecular flexibility index (Phi) is 6.66. The second-order valence-electron chi connectivity index (χ2n) is 6.96. The Morgan fingerprint density at radius 1 is 1.36 bits per heavy atom. The first-order valence-corrected chi connectivity index (χ1v) is 9.40. The number of rotatable bonds is 8. The Morgan fingerprint density at radius 3 is 2.86 bits per heavy atom. The van der Waals surface area contributed by atoms with Gasteiger partial charge in [0, 0.05) is 32.7 Å². The van der Waals surface area contributed by atoms with E-state index in [1.807, 2.05) is 14.1 Å². The molecule has 0 amide bonds. The number of hydrogen-bond acceptors (Lipinski definition) is 7. The predicted molar refractivity (Wildman–Crippen MR) is 100 cm³/mol. The molecule has 3 rings (SSSR count). The average Bonchev–Trinajstić information content (AvgIpc) is 3.15. The minimum atomic E-state index is -2.91. The Hall–Kier alpha value is -2.42. The SMILES string of the molecule is CCOc1cccc(CN2CCCC(c3nc(N(C)C)no3)C2)c1OC(F)F. The summed E-state index contributed by atoms with van der Waals surface area (Å²) in [4.78, 5) is 8.43. The quantitative estimate of drug-likeness (QED) is 0.676. The molecule has 1 saturated heterocycles. The van der Waals surface area contributed by atoms with E-state index < -0.39 is 6.61 Å². The van der Waals surface area contributed by atoms with Gasteiger partial charge in [0.25, 0.3) is 5.95 Å². The zero-order chi connectivity index (χ0) is 20.1. The molecule has 0 radical (unpaired) electrons. The van der Waals surface area contributed by atoms with Gasteiger partial charge >= 0.3 is 6.61 Å². The van der Waals surface area contributed by atoms with Gasteiger partial charge in [0.15, 0.2) is 11.5 Å². The summed E-state index contributed by atoms with van der Waals surface area (Å²) < 4.78 is 41.5. The Labute approximate surface area is 163 Å². The monoisotopic (exact) mass is 396 g/mol. The third-order valence-electron chi connectivity index (χ3n) is 4.65. The van der Waals surface area contributed by atoms with Crippen molar-refractivity contribution in [1.29, 1.82) is 0 Å². The fraction of sp³-hybridized carbons (Fsp3) is 0.579. The second-order valence-corrected chi connectivity index (χ2v) is 6.96. The summed E-state index contributed by atoms with van der Waals surface area (Å²) in [6, 6.07) is 5.23.